The van der Waals surface area contributed by atoms with Crippen molar-refractivity contribution in [3.63, 3.8) is 0 Å². The number of aromatic nitrogens is 3. The molecule has 0 amide bonds. The number of nitrogens with zero attached hydrogens (tertiary/aromatic N) is 4. The quantitative estimate of drug-likeness (QED) is 0.744. The molecule has 17 heavy (non-hydrogen) atoms. The molecule has 0 radical (unpaired) electrons. The lowest BCUT2D eigenvalue weighted by Gasteiger charge is -2.22. The highest BCUT2D eigenvalue weighted by atomic mass is 16.5. The van der Waals surface area contributed by atoms with E-state index in [-0.39, 0.29) is 6.04 Å². The van der Waals surface area contributed by atoms with E-state index in [1.807, 2.05) is 16.8 Å². The Morgan fingerprint density at radius 2 is 2.41 bits per heavy atom. The summed E-state index contributed by atoms with van der Waals surface area (Å²) in [6.45, 7) is 1.50. The van der Waals surface area contributed by atoms with Gasteiger partial charge in [-0.3, -0.25) is 0 Å². The van der Waals surface area contributed by atoms with Crippen LogP contribution < -0.4 is 0 Å². The van der Waals surface area contributed by atoms with Crippen LogP contribution in [0.2, 0.25) is 0 Å². The average molecular weight is 228 g/mol. The van der Waals surface area contributed by atoms with E-state index < -0.39 is 0 Å². The fourth-order valence-electron chi connectivity index (χ4n) is 2.19. The Labute approximate surface area is 98.6 Å². The Kier molecular flexibility index (Phi) is 2.50. The molecular formula is C12H12N4O. The summed E-state index contributed by atoms with van der Waals surface area (Å²) < 4.78 is 7.34. The maximum absolute atomic E-state index is 8.91. The van der Waals surface area contributed by atoms with E-state index in [0.29, 0.717) is 12.2 Å². The third-order valence-electron chi connectivity index (χ3n) is 3.08. The van der Waals surface area contributed by atoms with Gasteiger partial charge in [0.25, 0.3) is 0 Å². The Morgan fingerprint density at radius 3 is 3.18 bits per heavy atom. The van der Waals surface area contributed by atoms with E-state index >= 15 is 0 Å². The van der Waals surface area contributed by atoms with E-state index in [1.54, 1.807) is 6.07 Å². The van der Waals surface area contributed by atoms with Crippen LogP contribution in [0.15, 0.2) is 18.2 Å². The van der Waals surface area contributed by atoms with Crippen molar-refractivity contribution in [3.05, 3.63) is 23.8 Å². The molecule has 2 heterocycles. The Morgan fingerprint density at radius 1 is 1.47 bits per heavy atom. The van der Waals surface area contributed by atoms with E-state index in [1.165, 1.54) is 0 Å². The Bertz CT molecular complexity index is 578. The summed E-state index contributed by atoms with van der Waals surface area (Å²) in [5.41, 5.74) is 2.38. The van der Waals surface area contributed by atoms with Crippen LogP contribution in [0.1, 0.15) is 24.4 Å². The normalized spacial score (nSPS) is 20.3. The molecule has 1 unspecified atom stereocenters. The van der Waals surface area contributed by atoms with Gasteiger partial charge in [-0.1, -0.05) is 5.21 Å². The summed E-state index contributed by atoms with van der Waals surface area (Å²) in [5.74, 6) is 0. The van der Waals surface area contributed by atoms with Crippen molar-refractivity contribution in [1.82, 2.24) is 15.0 Å². The second kappa shape index (κ2) is 4.15. The standard InChI is InChI=1S/C12H12N4O/c13-7-9-3-4-11-12(6-9)16(15-14-11)10-2-1-5-17-8-10/h3-4,6,10H,1-2,5,8H2. The number of ether oxygens (including phenoxy) is 1. The predicted octanol–water partition coefficient (Wildman–Crippen LogP) is 1.65. The molecule has 5 heteroatoms. The molecule has 1 aliphatic rings. The molecule has 5 nitrogen and oxygen atoms in total. The second-order valence-corrected chi connectivity index (χ2v) is 4.22. The van der Waals surface area contributed by atoms with Crippen molar-refractivity contribution in [3.8, 4) is 6.07 Å². The van der Waals surface area contributed by atoms with Crippen LogP contribution in [0.4, 0.5) is 0 Å². The highest BCUT2D eigenvalue weighted by Crippen LogP contribution is 2.23. The van der Waals surface area contributed by atoms with Gasteiger partial charge in [0.2, 0.25) is 0 Å². The minimum atomic E-state index is 0.239. The molecular weight excluding hydrogens is 216 g/mol. The summed E-state index contributed by atoms with van der Waals surface area (Å²) >= 11 is 0. The smallest absolute Gasteiger partial charge is 0.113 e. The molecule has 1 aromatic carbocycles. The highest BCUT2D eigenvalue weighted by molar-refractivity contribution is 5.76. The number of nitriles is 1. The Balaban J connectivity index is 2.06. The number of benzene rings is 1. The number of hydrogen-bond acceptors (Lipinski definition) is 4. The van der Waals surface area contributed by atoms with E-state index in [4.69, 9.17) is 10.00 Å². The summed E-state index contributed by atoms with van der Waals surface area (Å²) in [6.07, 6.45) is 2.10. The molecule has 0 aliphatic carbocycles. The second-order valence-electron chi connectivity index (χ2n) is 4.22. The van der Waals surface area contributed by atoms with Crippen LogP contribution in [-0.2, 0) is 4.74 Å². The van der Waals surface area contributed by atoms with Gasteiger partial charge in [-0.2, -0.15) is 5.26 Å². The number of fused-ring (bicyclic) bond motifs is 1. The average Bonchev–Trinajstić information content (AvgIpc) is 2.82. The molecule has 1 atom stereocenters. The van der Waals surface area contributed by atoms with Gasteiger partial charge in [-0.05, 0) is 31.0 Å². The first-order chi connectivity index (χ1) is 8.38. The molecule has 0 N–H and O–H groups in total. The zero-order valence-corrected chi connectivity index (χ0v) is 9.33. The molecule has 0 bridgehead atoms. The molecule has 1 fully saturated rings. The van der Waals surface area contributed by atoms with E-state index in [0.717, 1.165) is 30.5 Å². The topological polar surface area (TPSA) is 63.7 Å². The van der Waals surface area contributed by atoms with Gasteiger partial charge in [0.1, 0.15) is 5.52 Å². The first-order valence-corrected chi connectivity index (χ1v) is 5.71. The fourth-order valence-corrected chi connectivity index (χ4v) is 2.19. The molecule has 0 spiro atoms. The number of rotatable bonds is 1. The molecule has 1 aliphatic heterocycles. The van der Waals surface area contributed by atoms with Gasteiger partial charge in [-0.25, -0.2) is 4.68 Å². The molecule has 86 valence electrons. The zero-order chi connectivity index (χ0) is 11.7. The van der Waals surface area contributed by atoms with Gasteiger partial charge in [-0.15, -0.1) is 5.10 Å². The lowest BCUT2D eigenvalue weighted by molar-refractivity contribution is 0.0558. The van der Waals surface area contributed by atoms with Crippen molar-refractivity contribution in [2.24, 2.45) is 0 Å². The van der Waals surface area contributed by atoms with Crippen molar-refractivity contribution < 1.29 is 4.74 Å². The fraction of sp³-hybridized carbons (Fsp3) is 0.417. The van der Waals surface area contributed by atoms with Gasteiger partial charge < -0.3 is 4.74 Å². The lowest BCUT2D eigenvalue weighted by Crippen LogP contribution is -2.22. The van der Waals surface area contributed by atoms with Gasteiger partial charge in [0.05, 0.1) is 29.8 Å². The summed E-state index contributed by atoms with van der Waals surface area (Å²) in [5, 5.41) is 17.2. The number of hydrogen-bond donors (Lipinski definition) is 0. The van der Waals surface area contributed by atoms with Gasteiger partial charge >= 0.3 is 0 Å². The summed E-state index contributed by atoms with van der Waals surface area (Å²) in [4.78, 5) is 0. The van der Waals surface area contributed by atoms with E-state index in [9.17, 15) is 0 Å². The van der Waals surface area contributed by atoms with Crippen LogP contribution in [0.5, 0.6) is 0 Å². The van der Waals surface area contributed by atoms with Crippen LogP contribution in [0.25, 0.3) is 11.0 Å². The first kappa shape index (κ1) is 10.2. The third kappa shape index (κ3) is 1.77. The van der Waals surface area contributed by atoms with Crippen molar-refractivity contribution >= 4 is 11.0 Å². The monoisotopic (exact) mass is 228 g/mol. The lowest BCUT2D eigenvalue weighted by atomic mass is 10.1. The minimum Gasteiger partial charge on any atom is -0.379 e. The molecule has 3 rings (SSSR count). The Hall–Kier alpha value is -1.93. The highest BCUT2D eigenvalue weighted by Gasteiger charge is 2.19. The van der Waals surface area contributed by atoms with Crippen LogP contribution in [-0.4, -0.2) is 28.2 Å². The molecule has 1 aromatic heterocycles. The van der Waals surface area contributed by atoms with Crippen LogP contribution in [0.3, 0.4) is 0 Å². The maximum atomic E-state index is 8.91. The third-order valence-corrected chi connectivity index (χ3v) is 3.08. The maximum Gasteiger partial charge on any atom is 0.113 e. The van der Waals surface area contributed by atoms with E-state index in [2.05, 4.69) is 16.4 Å². The minimum absolute atomic E-state index is 0.239. The van der Waals surface area contributed by atoms with Crippen LogP contribution >= 0.6 is 0 Å². The SMILES string of the molecule is N#Cc1ccc2nnn(C3CCCOC3)c2c1. The van der Waals surface area contributed by atoms with Crippen molar-refractivity contribution in [1.29, 1.82) is 5.26 Å². The molecule has 2 aromatic rings. The summed E-state index contributed by atoms with van der Waals surface area (Å²) in [6, 6.07) is 7.81. The largest absolute Gasteiger partial charge is 0.379 e. The molecule has 0 saturated carbocycles. The summed E-state index contributed by atoms with van der Waals surface area (Å²) in [7, 11) is 0. The van der Waals surface area contributed by atoms with Crippen LogP contribution in [0, 0.1) is 11.3 Å². The zero-order valence-electron chi connectivity index (χ0n) is 9.33. The molecule has 1 saturated heterocycles. The van der Waals surface area contributed by atoms with Crippen molar-refractivity contribution in [2.75, 3.05) is 13.2 Å². The van der Waals surface area contributed by atoms with Gasteiger partial charge in [0.15, 0.2) is 0 Å². The predicted molar refractivity (Wildman–Crippen MR) is 61.3 cm³/mol. The van der Waals surface area contributed by atoms with Gasteiger partial charge in [0, 0.05) is 6.61 Å². The first-order valence-electron chi connectivity index (χ1n) is 5.71. The van der Waals surface area contributed by atoms with Crippen molar-refractivity contribution in [2.45, 2.75) is 18.9 Å².